The van der Waals surface area contributed by atoms with Gasteiger partial charge in [0.25, 0.3) is 5.91 Å². The summed E-state index contributed by atoms with van der Waals surface area (Å²) in [4.78, 5) is 29.3. The smallest absolute Gasteiger partial charge is 0.255 e. The molecule has 0 radical (unpaired) electrons. The Labute approximate surface area is 214 Å². The molecule has 0 bridgehead atoms. The minimum absolute atomic E-state index is 0.0190. The Bertz CT molecular complexity index is 1210. The molecule has 7 nitrogen and oxygen atoms in total. The van der Waals surface area contributed by atoms with Gasteiger partial charge in [-0.25, -0.2) is 0 Å². The maximum atomic E-state index is 12.9. The highest BCUT2D eigenvalue weighted by Crippen LogP contribution is 2.31. The Morgan fingerprint density at radius 3 is 2.37 bits per heavy atom. The van der Waals surface area contributed by atoms with Crippen LogP contribution in [-0.2, 0) is 4.79 Å². The first-order chi connectivity index (χ1) is 17.0. The fourth-order valence-electron chi connectivity index (χ4n) is 4.63. The fourth-order valence-corrected chi connectivity index (χ4v) is 5.11. The molecule has 0 spiro atoms. The van der Waals surface area contributed by atoms with E-state index in [0.717, 1.165) is 24.3 Å². The average Bonchev–Trinajstić information content (AvgIpc) is 2.84. The number of carbonyl (C=O) groups is 2. The van der Waals surface area contributed by atoms with Crippen LogP contribution >= 0.6 is 23.2 Å². The number of rotatable bonds is 5. The van der Waals surface area contributed by atoms with Gasteiger partial charge in [-0.3, -0.25) is 9.59 Å². The molecule has 0 atom stereocenters. The third-order valence-corrected chi connectivity index (χ3v) is 7.28. The summed E-state index contributed by atoms with van der Waals surface area (Å²) >= 11 is 12.2. The topological polar surface area (TPSA) is 78.4 Å². The molecule has 35 heavy (non-hydrogen) atoms. The monoisotopic (exact) mass is 509 g/mol. The summed E-state index contributed by atoms with van der Waals surface area (Å²) in [6.07, 6.45) is 3.39. The van der Waals surface area contributed by atoms with E-state index in [1.807, 2.05) is 34.1 Å². The van der Waals surface area contributed by atoms with E-state index in [0.29, 0.717) is 47.7 Å². The van der Waals surface area contributed by atoms with Crippen LogP contribution in [0.1, 0.15) is 34.7 Å². The van der Waals surface area contributed by atoms with Gasteiger partial charge in [-0.2, -0.15) is 5.10 Å². The first-order valence-corrected chi connectivity index (χ1v) is 12.4. The summed E-state index contributed by atoms with van der Waals surface area (Å²) in [7, 11) is 0. The van der Waals surface area contributed by atoms with Crippen molar-refractivity contribution in [1.82, 2.24) is 15.1 Å². The Morgan fingerprint density at radius 1 is 0.971 bits per heavy atom. The molecule has 2 saturated heterocycles. The third kappa shape index (κ3) is 5.26. The van der Waals surface area contributed by atoms with Crippen molar-refractivity contribution >= 4 is 46.5 Å². The largest absolute Gasteiger partial charge is 0.353 e. The number of aromatic nitrogens is 2. The normalized spacial score (nSPS) is 16.6. The van der Waals surface area contributed by atoms with Crippen molar-refractivity contribution in [3.63, 3.8) is 0 Å². The van der Waals surface area contributed by atoms with Crippen LogP contribution in [0.4, 0.5) is 11.5 Å². The molecule has 2 aliphatic heterocycles. The van der Waals surface area contributed by atoms with Gasteiger partial charge >= 0.3 is 0 Å². The molecular weight excluding hydrogens is 485 g/mol. The summed E-state index contributed by atoms with van der Waals surface area (Å²) in [6.45, 7) is 2.62. The molecule has 3 heterocycles. The van der Waals surface area contributed by atoms with E-state index in [4.69, 9.17) is 23.2 Å². The van der Waals surface area contributed by atoms with Gasteiger partial charge in [0.2, 0.25) is 5.91 Å². The number of benzene rings is 2. The fraction of sp³-hybridized carbons (Fsp3) is 0.308. The molecule has 180 valence electrons. The van der Waals surface area contributed by atoms with Crippen LogP contribution in [0.2, 0.25) is 10.0 Å². The highest BCUT2D eigenvalue weighted by molar-refractivity contribution is 6.36. The van der Waals surface area contributed by atoms with Crippen molar-refractivity contribution in [3.05, 3.63) is 82.0 Å². The SMILES string of the molecule is O=C(Nc1ccc(C2CCN(C(=O)c3ccc(Cl)cc3Cl)CC2)cc1)C1CN(c2cccnn2)C1. The first kappa shape index (κ1) is 23.6. The number of nitrogens with one attached hydrogen (secondary N) is 1. The van der Waals surface area contributed by atoms with Gasteiger partial charge in [0.1, 0.15) is 0 Å². The van der Waals surface area contributed by atoms with Gasteiger partial charge in [-0.1, -0.05) is 35.3 Å². The van der Waals surface area contributed by atoms with Crippen molar-refractivity contribution in [2.75, 3.05) is 36.4 Å². The number of piperidine rings is 1. The van der Waals surface area contributed by atoms with Crippen LogP contribution in [0.5, 0.6) is 0 Å². The minimum Gasteiger partial charge on any atom is -0.353 e. The van der Waals surface area contributed by atoms with E-state index in [1.54, 1.807) is 24.4 Å². The highest BCUT2D eigenvalue weighted by Gasteiger charge is 2.33. The molecule has 2 amide bonds. The Hall–Kier alpha value is -3.16. The Kier molecular flexibility index (Phi) is 6.88. The molecular formula is C26H25Cl2N5O2. The van der Waals surface area contributed by atoms with Gasteiger partial charge in [0.15, 0.2) is 5.82 Å². The molecule has 5 rings (SSSR count). The van der Waals surface area contributed by atoms with E-state index < -0.39 is 0 Å². The van der Waals surface area contributed by atoms with Crippen LogP contribution in [0.3, 0.4) is 0 Å². The van der Waals surface area contributed by atoms with Crippen LogP contribution < -0.4 is 10.2 Å². The molecule has 0 aliphatic carbocycles. The third-order valence-electron chi connectivity index (χ3n) is 6.73. The molecule has 2 aliphatic rings. The van der Waals surface area contributed by atoms with Crippen LogP contribution in [0, 0.1) is 5.92 Å². The number of halogens is 2. The lowest BCUT2D eigenvalue weighted by molar-refractivity contribution is -0.120. The second kappa shape index (κ2) is 10.2. The molecule has 2 fully saturated rings. The van der Waals surface area contributed by atoms with Crippen LogP contribution in [-0.4, -0.2) is 53.1 Å². The molecule has 2 aromatic carbocycles. The molecule has 0 saturated carbocycles. The van der Waals surface area contributed by atoms with E-state index >= 15 is 0 Å². The van der Waals surface area contributed by atoms with Crippen LogP contribution in [0.15, 0.2) is 60.8 Å². The Morgan fingerprint density at radius 2 is 1.71 bits per heavy atom. The molecule has 1 aromatic heterocycles. The zero-order valence-electron chi connectivity index (χ0n) is 19.0. The number of likely N-dealkylation sites (tertiary alicyclic amines) is 1. The lowest BCUT2D eigenvalue weighted by Gasteiger charge is -2.38. The minimum atomic E-state index is -0.0623. The van der Waals surface area contributed by atoms with E-state index in [1.165, 1.54) is 5.56 Å². The summed E-state index contributed by atoms with van der Waals surface area (Å²) in [5.41, 5.74) is 2.50. The maximum Gasteiger partial charge on any atom is 0.255 e. The zero-order chi connectivity index (χ0) is 24.4. The summed E-state index contributed by atoms with van der Waals surface area (Å²) in [6, 6.07) is 16.8. The standard InChI is InChI=1S/C26H25Cl2N5O2/c27-20-5-8-22(23(28)14-20)26(35)32-12-9-18(10-13-32)17-3-6-21(7-4-17)30-25(34)19-15-33(16-19)24-2-1-11-29-31-24/h1-8,11,14,18-19H,9-10,12-13,15-16H2,(H,30,34). The lowest BCUT2D eigenvalue weighted by atomic mass is 9.89. The highest BCUT2D eigenvalue weighted by atomic mass is 35.5. The number of hydrogen-bond donors (Lipinski definition) is 1. The number of amides is 2. The molecule has 3 aromatic rings. The van der Waals surface area contributed by atoms with Crippen molar-refractivity contribution < 1.29 is 9.59 Å². The van der Waals surface area contributed by atoms with Crippen molar-refractivity contribution in [1.29, 1.82) is 0 Å². The predicted octanol–water partition coefficient (Wildman–Crippen LogP) is 4.88. The summed E-state index contributed by atoms with van der Waals surface area (Å²) in [5.74, 6) is 1.07. The number of carbonyl (C=O) groups excluding carboxylic acids is 2. The van der Waals surface area contributed by atoms with Crippen molar-refractivity contribution in [3.8, 4) is 0 Å². The Balaban J connectivity index is 1.11. The van der Waals surface area contributed by atoms with Gasteiger partial charge in [-0.15, -0.1) is 5.10 Å². The van der Waals surface area contributed by atoms with Gasteiger partial charge in [0, 0.05) is 43.1 Å². The second-order valence-corrected chi connectivity index (χ2v) is 9.83. The number of anilines is 2. The van der Waals surface area contributed by atoms with Gasteiger partial charge in [-0.05, 0) is 66.8 Å². The van der Waals surface area contributed by atoms with Crippen molar-refractivity contribution in [2.45, 2.75) is 18.8 Å². The average molecular weight is 510 g/mol. The predicted molar refractivity (Wildman–Crippen MR) is 137 cm³/mol. The van der Waals surface area contributed by atoms with Crippen molar-refractivity contribution in [2.24, 2.45) is 5.92 Å². The van der Waals surface area contributed by atoms with E-state index in [9.17, 15) is 9.59 Å². The second-order valence-electron chi connectivity index (χ2n) is 8.99. The maximum absolute atomic E-state index is 12.9. The van der Waals surface area contributed by atoms with Gasteiger partial charge < -0.3 is 15.1 Å². The van der Waals surface area contributed by atoms with Gasteiger partial charge in [0.05, 0.1) is 16.5 Å². The van der Waals surface area contributed by atoms with Crippen LogP contribution in [0.25, 0.3) is 0 Å². The molecule has 0 unspecified atom stereocenters. The number of nitrogens with zero attached hydrogens (tertiary/aromatic N) is 4. The van der Waals surface area contributed by atoms with E-state index in [2.05, 4.69) is 27.6 Å². The zero-order valence-corrected chi connectivity index (χ0v) is 20.5. The summed E-state index contributed by atoms with van der Waals surface area (Å²) in [5, 5.41) is 11.9. The number of hydrogen-bond acceptors (Lipinski definition) is 5. The molecule has 9 heteroatoms. The summed E-state index contributed by atoms with van der Waals surface area (Å²) < 4.78 is 0. The lowest BCUT2D eigenvalue weighted by Crippen LogP contribution is -2.52. The van der Waals surface area contributed by atoms with E-state index in [-0.39, 0.29) is 17.7 Å². The quantitative estimate of drug-likeness (QED) is 0.530. The molecule has 1 N–H and O–H groups in total. The first-order valence-electron chi connectivity index (χ1n) is 11.7.